The molecule has 0 saturated heterocycles. The van der Waals surface area contributed by atoms with Crippen molar-refractivity contribution in [2.24, 2.45) is 0 Å². The lowest BCUT2D eigenvalue weighted by Crippen LogP contribution is -2.09. The fourth-order valence-corrected chi connectivity index (χ4v) is 1.30. The minimum atomic E-state index is -0.0183. The van der Waals surface area contributed by atoms with Crippen LogP contribution < -0.4 is 0 Å². The van der Waals surface area contributed by atoms with Gasteiger partial charge in [-0.1, -0.05) is 0 Å². The zero-order chi connectivity index (χ0) is 8.27. The molecule has 0 spiro atoms. The van der Waals surface area contributed by atoms with Gasteiger partial charge < -0.3 is 0 Å². The SMILES string of the molecule is CC(=O)/C=C1/CCCCC1=O. The molecule has 0 heterocycles. The molecule has 0 radical (unpaired) electrons. The molecule has 0 N–H and O–H groups in total. The molecule has 0 bridgehead atoms. The maximum Gasteiger partial charge on any atom is 0.158 e. The molecule has 1 aliphatic rings. The van der Waals surface area contributed by atoms with Crippen LogP contribution in [0.4, 0.5) is 0 Å². The van der Waals surface area contributed by atoms with Gasteiger partial charge in [0.1, 0.15) is 0 Å². The Morgan fingerprint density at radius 2 is 2.00 bits per heavy atom. The Labute approximate surface area is 66.3 Å². The summed E-state index contributed by atoms with van der Waals surface area (Å²) in [6.45, 7) is 1.48. The Bertz CT molecular complexity index is 214. The Morgan fingerprint density at radius 1 is 1.36 bits per heavy atom. The third-order valence-corrected chi connectivity index (χ3v) is 1.84. The van der Waals surface area contributed by atoms with E-state index in [1.165, 1.54) is 13.0 Å². The van der Waals surface area contributed by atoms with Crippen LogP contribution in [0.1, 0.15) is 32.6 Å². The summed E-state index contributed by atoms with van der Waals surface area (Å²) in [6.07, 6.45) is 4.91. The van der Waals surface area contributed by atoms with Crippen molar-refractivity contribution in [2.45, 2.75) is 32.6 Å². The minimum absolute atomic E-state index is 0.0183. The molecule has 2 nitrogen and oxygen atoms in total. The number of carbonyl (C=O) groups is 2. The van der Waals surface area contributed by atoms with Crippen molar-refractivity contribution >= 4 is 11.6 Å². The van der Waals surface area contributed by atoms with Gasteiger partial charge in [0, 0.05) is 6.42 Å². The molecule has 0 unspecified atom stereocenters. The first-order valence-electron chi connectivity index (χ1n) is 3.94. The Hall–Kier alpha value is -0.920. The fourth-order valence-electron chi connectivity index (χ4n) is 1.30. The highest BCUT2D eigenvalue weighted by atomic mass is 16.1. The molecule has 0 aromatic carbocycles. The lowest BCUT2D eigenvalue weighted by molar-refractivity contribution is -0.117. The first kappa shape index (κ1) is 8.18. The van der Waals surface area contributed by atoms with Gasteiger partial charge in [-0.3, -0.25) is 9.59 Å². The molecule has 0 aromatic rings. The second kappa shape index (κ2) is 3.46. The fraction of sp³-hybridized carbons (Fsp3) is 0.556. The zero-order valence-corrected chi connectivity index (χ0v) is 6.72. The quantitative estimate of drug-likeness (QED) is 0.535. The Kier molecular flexibility index (Phi) is 2.58. The van der Waals surface area contributed by atoms with Gasteiger partial charge in [0.15, 0.2) is 11.6 Å². The van der Waals surface area contributed by atoms with Crippen LogP contribution in [-0.4, -0.2) is 11.6 Å². The van der Waals surface area contributed by atoms with Crippen LogP contribution in [0.5, 0.6) is 0 Å². The highest BCUT2D eigenvalue weighted by Gasteiger charge is 2.14. The molecule has 0 aromatic heterocycles. The minimum Gasteiger partial charge on any atom is -0.295 e. The second-order valence-electron chi connectivity index (χ2n) is 2.91. The van der Waals surface area contributed by atoms with E-state index in [1.807, 2.05) is 0 Å². The predicted octanol–water partition coefficient (Wildman–Crippen LogP) is 1.64. The summed E-state index contributed by atoms with van der Waals surface area (Å²) in [4.78, 5) is 21.7. The zero-order valence-electron chi connectivity index (χ0n) is 6.72. The summed E-state index contributed by atoms with van der Waals surface area (Å²) in [5.74, 6) is 0.140. The van der Waals surface area contributed by atoms with Crippen LogP contribution in [0.25, 0.3) is 0 Å². The first-order valence-corrected chi connectivity index (χ1v) is 3.94. The summed E-state index contributed by atoms with van der Waals surface area (Å²) in [5, 5.41) is 0. The van der Waals surface area contributed by atoms with Crippen molar-refractivity contribution in [3.05, 3.63) is 11.6 Å². The van der Waals surface area contributed by atoms with Crippen molar-refractivity contribution < 1.29 is 9.59 Å². The standard InChI is InChI=1S/C9H12O2/c1-7(10)6-8-4-2-3-5-9(8)11/h6H,2-5H2,1H3/b8-6-. The smallest absolute Gasteiger partial charge is 0.158 e. The summed E-state index contributed by atoms with van der Waals surface area (Å²) < 4.78 is 0. The number of hydrogen-bond acceptors (Lipinski definition) is 2. The third kappa shape index (κ3) is 2.30. The van der Waals surface area contributed by atoms with Gasteiger partial charge in [-0.05, 0) is 37.8 Å². The van der Waals surface area contributed by atoms with Crippen LogP contribution in [0, 0.1) is 0 Å². The van der Waals surface area contributed by atoms with Crippen molar-refractivity contribution in [1.82, 2.24) is 0 Å². The molecule has 0 amide bonds. The van der Waals surface area contributed by atoms with E-state index < -0.39 is 0 Å². The van der Waals surface area contributed by atoms with Crippen molar-refractivity contribution in [2.75, 3.05) is 0 Å². The maximum absolute atomic E-state index is 11.1. The van der Waals surface area contributed by atoms with Gasteiger partial charge in [-0.25, -0.2) is 0 Å². The number of hydrogen-bond donors (Lipinski definition) is 0. The van der Waals surface area contributed by atoms with Crippen LogP contribution >= 0.6 is 0 Å². The van der Waals surface area contributed by atoms with Gasteiger partial charge in [0.25, 0.3) is 0 Å². The molecular formula is C9H12O2. The molecule has 0 aliphatic heterocycles. The van der Waals surface area contributed by atoms with Gasteiger partial charge in [-0.2, -0.15) is 0 Å². The highest BCUT2D eigenvalue weighted by molar-refractivity contribution is 6.02. The molecule has 60 valence electrons. The van der Waals surface area contributed by atoms with E-state index in [0.29, 0.717) is 6.42 Å². The summed E-state index contributed by atoms with van der Waals surface area (Å²) in [6, 6.07) is 0. The monoisotopic (exact) mass is 152 g/mol. The number of ketones is 2. The molecule has 0 atom stereocenters. The normalized spacial score (nSPS) is 22.3. The molecule has 1 fully saturated rings. The van der Waals surface area contributed by atoms with Crippen LogP contribution in [0.3, 0.4) is 0 Å². The molecular weight excluding hydrogens is 140 g/mol. The number of Topliss-reactive ketones (excluding diaryl/α,β-unsaturated/α-hetero) is 1. The summed E-state index contributed by atoms with van der Waals surface area (Å²) in [7, 11) is 0. The number of allylic oxidation sites excluding steroid dienone is 2. The van der Waals surface area contributed by atoms with Crippen molar-refractivity contribution in [3.8, 4) is 0 Å². The molecule has 11 heavy (non-hydrogen) atoms. The van der Waals surface area contributed by atoms with E-state index in [2.05, 4.69) is 0 Å². The highest BCUT2D eigenvalue weighted by Crippen LogP contribution is 2.19. The number of carbonyl (C=O) groups excluding carboxylic acids is 2. The van der Waals surface area contributed by atoms with Crippen LogP contribution in [0.2, 0.25) is 0 Å². The van der Waals surface area contributed by atoms with Gasteiger partial charge in [-0.15, -0.1) is 0 Å². The average molecular weight is 152 g/mol. The largest absolute Gasteiger partial charge is 0.295 e. The Balaban J connectivity index is 2.68. The molecule has 2 heteroatoms. The lowest BCUT2D eigenvalue weighted by atomic mass is 9.93. The number of rotatable bonds is 1. The van der Waals surface area contributed by atoms with E-state index >= 15 is 0 Å². The second-order valence-corrected chi connectivity index (χ2v) is 2.91. The van der Waals surface area contributed by atoms with Crippen LogP contribution in [-0.2, 0) is 9.59 Å². The van der Waals surface area contributed by atoms with Gasteiger partial charge in [0.2, 0.25) is 0 Å². The summed E-state index contributed by atoms with van der Waals surface area (Å²) in [5.41, 5.74) is 0.726. The van der Waals surface area contributed by atoms with E-state index in [-0.39, 0.29) is 11.6 Å². The van der Waals surface area contributed by atoms with Gasteiger partial charge >= 0.3 is 0 Å². The maximum atomic E-state index is 11.1. The van der Waals surface area contributed by atoms with E-state index in [9.17, 15) is 9.59 Å². The topological polar surface area (TPSA) is 34.1 Å². The van der Waals surface area contributed by atoms with E-state index in [0.717, 1.165) is 24.8 Å². The van der Waals surface area contributed by atoms with Gasteiger partial charge in [0.05, 0.1) is 0 Å². The van der Waals surface area contributed by atoms with E-state index in [4.69, 9.17) is 0 Å². The molecule has 1 rings (SSSR count). The molecule has 1 saturated carbocycles. The average Bonchev–Trinajstić information content (AvgIpc) is 1.93. The Morgan fingerprint density at radius 3 is 2.55 bits per heavy atom. The van der Waals surface area contributed by atoms with Crippen LogP contribution in [0.15, 0.2) is 11.6 Å². The van der Waals surface area contributed by atoms with E-state index in [1.54, 1.807) is 0 Å². The van der Waals surface area contributed by atoms with Crippen molar-refractivity contribution in [3.63, 3.8) is 0 Å². The lowest BCUT2D eigenvalue weighted by Gasteiger charge is -2.11. The third-order valence-electron chi connectivity index (χ3n) is 1.84. The molecule has 1 aliphatic carbocycles. The first-order chi connectivity index (χ1) is 5.20. The predicted molar refractivity (Wildman–Crippen MR) is 42.2 cm³/mol. The van der Waals surface area contributed by atoms with Crippen molar-refractivity contribution in [1.29, 1.82) is 0 Å². The summed E-state index contributed by atoms with van der Waals surface area (Å²) >= 11 is 0.